The second-order valence-corrected chi connectivity index (χ2v) is 1.19. The summed E-state index contributed by atoms with van der Waals surface area (Å²) in [6.07, 6.45) is 0. The van der Waals surface area contributed by atoms with Crippen LogP contribution in [0.25, 0.3) is 0 Å². The summed E-state index contributed by atoms with van der Waals surface area (Å²) in [7, 11) is 2.86. The first kappa shape index (κ1) is 4.45. The van der Waals surface area contributed by atoms with Crippen LogP contribution in [0, 0.1) is 11.3 Å². The zero-order valence-corrected chi connectivity index (χ0v) is 3.65. The topological polar surface area (TPSA) is 23.8 Å². The molecular formula is C3H2NSi. The average molecular weight is 80.1 g/mol. The van der Waals surface area contributed by atoms with E-state index >= 15 is 0 Å². The third kappa shape index (κ3) is 3.45. The molecule has 0 aromatic carbocycles. The zero-order chi connectivity index (χ0) is 4.28. The van der Waals surface area contributed by atoms with Gasteiger partial charge in [0.25, 0.3) is 0 Å². The van der Waals surface area contributed by atoms with Gasteiger partial charge < -0.3 is 0 Å². The van der Waals surface area contributed by atoms with Crippen molar-refractivity contribution in [2.45, 2.75) is 0 Å². The van der Waals surface area contributed by atoms with E-state index in [4.69, 9.17) is 5.26 Å². The Morgan fingerprint density at radius 2 is 2.20 bits per heavy atom. The quantitative estimate of drug-likeness (QED) is 0.301. The van der Waals surface area contributed by atoms with Crippen LogP contribution < -0.4 is 0 Å². The molecule has 0 spiro atoms. The molecule has 0 aromatic rings. The molecule has 0 atom stereocenters. The minimum atomic E-state index is 0.366. The molecule has 23 valence electrons. The van der Waals surface area contributed by atoms with E-state index in [1.807, 2.05) is 0 Å². The molecule has 0 aliphatic rings. The summed E-state index contributed by atoms with van der Waals surface area (Å²) in [5, 5.41) is 8.11. The molecular weight excluding hydrogens is 78.1 g/mol. The van der Waals surface area contributed by atoms with Crippen molar-refractivity contribution >= 4 is 10.2 Å². The summed E-state index contributed by atoms with van der Waals surface area (Å²) in [6, 6.07) is 1.75. The first-order valence-electron chi connectivity index (χ1n) is 1.08. The lowest BCUT2D eigenvalue weighted by atomic mass is 10.7. The van der Waals surface area contributed by atoms with Gasteiger partial charge in [0.2, 0.25) is 0 Å². The van der Waals surface area contributed by atoms with Crippen LogP contribution in [0.3, 0.4) is 0 Å². The highest BCUT2D eigenvalue weighted by atomic mass is 28.1. The van der Waals surface area contributed by atoms with Gasteiger partial charge in [-0.05, 0) is 0 Å². The van der Waals surface area contributed by atoms with Gasteiger partial charge in [0.15, 0.2) is 0 Å². The van der Waals surface area contributed by atoms with E-state index in [1.54, 1.807) is 6.07 Å². The van der Waals surface area contributed by atoms with E-state index in [-0.39, 0.29) is 0 Å². The van der Waals surface area contributed by atoms with Gasteiger partial charge in [0.05, 0.1) is 16.3 Å². The lowest BCUT2D eigenvalue weighted by Crippen LogP contribution is -1.63. The van der Waals surface area contributed by atoms with Gasteiger partial charge in [-0.25, -0.2) is 0 Å². The van der Waals surface area contributed by atoms with Crippen LogP contribution in [0.15, 0.2) is 11.8 Å². The summed E-state index contributed by atoms with van der Waals surface area (Å²) in [6.45, 7) is 3.23. The largest absolute Gasteiger partial charge is 0.193 e. The molecule has 0 fully saturated rings. The highest BCUT2D eigenvalue weighted by Gasteiger charge is 1.65. The first-order chi connectivity index (χ1) is 2.27. The maximum absolute atomic E-state index is 7.75. The molecule has 1 nitrogen and oxygen atoms in total. The molecule has 0 rings (SSSR count). The van der Waals surface area contributed by atoms with Crippen molar-refractivity contribution in [1.29, 1.82) is 5.26 Å². The van der Waals surface area contributed by atoms with Crippen molar-refractivity contribution in [1.82, 2.24) is 0 Å². The maximum Gasteiger partial charge on any atom is 0.0886 e. The predicted molar refractivity (Wildman–Crippen MR) is 20.5 cm³/mol. The fourth-order valence-corrected chi connectivity index (χ4v) is 0. The SMILES string of the molecule is C=C([Si])C#N. The van der Waals surface area contributed by atoms with Crippen molar-refractivity contribution in [2.75, 3.05) is 0 Å². The van der Waals surface area contributed by atoms with Gasteiger partial charge in [-0.1, -0.05) is 6.58 Å². The molecule has 0 heterocycles. The van der Waals surface area contributed by atoms with Crippen LogP contribution in [-0.2, 0) is 0 Å². The van der Waals surface area contributed by atoms with Crippen LogP contribution >= 0.6 is 0 Å². The number of rotatable bonds is 0. The molecule has 0 saturated heterocycles. The lowest BCUT2D eigenvalue weighted by Gasteiger charge is -1.61. The molecule has 0 saturated carbocycles. The summed E-state index contributed by atoms with van der Waals surface area (Å²) >= 11 is 0. The van der Waals surface area contributed by atoms with Crippen LogP contribution in [0.1, 0.15) is 0 Å². The molecule has 0 bridgehead atoms. The van der Waals surface area contributed by atoms with Crippen molar-refractivity contribution in [2.24, 2.45) is 0 Å². The Hall–Kier alpha value is -0.553. The minimum Gasteiger partial charge on any atom is -0.193 e. The van der Waals surface area contributed by atoms with Crippen LogP contribution in [0.4, 0.5) is 0 Å². The molecule has 0 N–H and O–H groups in total. The second kappa shape index (κ2) is 1.74. The molecule has 0 aromatic heterocycles. The smallest absolute Gasteiger partial charge is 0.0886 e. The molecule has 0 amide bonds. The summed E-state index contributed by atoms with van der Waals surface area (Å²) in [4.78, 5) is 0. The number of hydrogen-bond donors (Lipinski definition) is 0. The monoisotopic (exact) mass is 80.0 g/mol. The third-order valence-corrected chi connectivity index (χ3v) is 0.247. The average Bonchev–Trinajstić information content (AvgIpc) is 1.38. The predicted octanol–water partition coefficient (Wildman–Crippen LogP) is 0.192. The van der Waals surface area contributed by atoms with E-state index in [2.05, 4.69) is 16.8 Å². The summed E-state index contributed by atoms with van der Waals surface area (Å²) < 4.78 is 0. The van der Waals surface area contributed by atoms with Gasteiger partial charge in [-0.2, -0.15) is 5.26 Å². The molecule has 3 radical (unpaired) electrons. The van der Waals surface area contributed by atoms with Crippen molar-refractivity contribution in [3.05, 3.63) is 11.8 Å². The van der Waals surface area contributed by atoms with Gasteiger partial charge in [0.1, 0.15) is 0 Å². The van der Waals surface area contributed by atoms with E-state index < -0.39 is 0 Å². The van der Waals surface area contributed by atoms with Gasteiger partial charge in [-0.15, -0.1) is 0 Å². The van der Waals surface area contributed by atoms with Crippen LogP contribution in [0.5, 0.6) is 0 Å². The molecule has 0 aliphatic heterocycles. The Labute approximate surface area is 34.3 Å². The van der Waals surface area contributed by atoms with Crippen molar-refractivity contribution in [3.63, 3.8) is 0 Å². The Kier molecular flexibility index (Phi) is 1.54. The Morgan fingerprint density at radius 3 is 2.20 bits per heavy atom. The normalized spacial score (nSPS) is 5.60. The van der Waals surface area contributed by atoms with Gasteiger partial charge in [0, 0.05) is 5.20 Å². The summed E-state index contributed by atoms with van der Waals surface area (Å²) in [5.74, 6) is 0. The fourth-order valence-electron chi connectivity index (χ4n) is 0. The number of nitriles is 1. The molecule has 0 aliphatic carbocycles. The van der Waals surface area contributed by atoms with E-state index in [9.17, 15) is 0 Å². The highest BCUT2D eigenvalue weighted by Crippen LogP contribution is 1.66. The number of nitrogens with zero attached hydrogens (tertiary/aromatic N) is 1. The van der Waals surface area contributed by atoms with Crippen molar-refractivity contribution < 1.29 is 0 Å². The van der Waals surface area contributed by atoms with Gasteiger partial charge >= 0.3 is 0 Å². The zero-order valence-electron chi connectivity index (χ0n) is 2.65. The van der Waals surface area contributed by atoms with Crippen LogP contribution in [0.2, 0.25) is 0 Å². The summed E-state index contributed by atoms with van der Waals surface area (Å²) in [5.41, 5.74) is 0. The van der Waals surface area contributed by atoms with E-state index in [0.29, 0.717) is 5.20 Å². The number of hydrogen-bond acceptors (Lipinski definition) is 1. The Bertz CT molecular complexity index is 79.4. The Balaban J connectivity index is 3.35. The fraction of sp³-hybridized carbons (Fsp3) is 0. The molecule has 5 heavy (non-hydrogen) atoms. The Morgan fingerprint density at radius 1 is 2.00 bits per heavy atom. The highest BCUT2D eigenvalue weighted by molar-refractivity contribution is 6.23. The standard InChI is InChI=1S/C3H2NSi/c1-3(5)2-4/h1H2. The molecule has 0 unspecified atom stereocenters. The molecule has 2 heteroatoms. The lowest BCUT2D eigenvalue weighted by molar-refractivity contribution is 1.53. The third-order valence-electron chi connectivity index (χ3n) is 0.135. The van der Waals surface area contributed by atoms with E-state index in [1.165, 1.54) is 0 Å². The van der Waals surface area contributed by atoms with E-state index in [0.717, 1.165) is 0 Å². The minimum absolute atomic E-state index is 0.366. The van der Waals surface area contributed by atoms with Crippen LogP contribution in [-0.4, -0.2) is 10.2 Å². The maximum atomic E-state index is 7.75. The second-order valence-electron chi connectivity index (χ2n) is 0.590. The first-order valence-corrected chi connectivity index (χ1v) is 1.58. The van der Waals surface area contributed by atoms with Gasteiger partial charge in [-0.3, -0.25) is 0 Å². The number of allylic oxidation sites excluding steroid dienone is 1. The van der Waals surface area contributed by atoms with Crippen molar-refractivity contribution in [3.8, 4) is 6.07 Å².